The van der Waals surface area contributed by atoms with E-state index < -0.39 is 42.9 Å². The van der Waals surface area contributed by atoms with Gasteiger partial charge in [0.15, 0.2) is 0 Å². The topological polar surface area (TPSA) is 68.2 Å². The first-order valence-electron chi connectivity index (χ1n) is 11.6. The molecule has 0 spiro atoms. The van der Waals surface area contributed by atoms with Crippen molar-refractivity contribution in [3.63, 3.8) is 0 Å². The molecule has 5 nitrogen and oxygen atoms in total. The highest BCUT2D eigenvalue weighted by Crippen LogP contribution is 2.47. The first-order chi connectivity index (χ1) is 16.9. The minimum Gasteiger partial charge on any atom is -0.376 e. The predicted molar refractivity (Wildman–Crippen MR) is 126 cm³/mol. The molecule has 0 radical (unpaired) electrons. The van der Waals surface area contributed by atoms with Crippen molar-refractivity contribution < 1.29 is 33.2 Å². The SMILES string of the molecule is OC1(O)C[C@@H](OCc2ccccc2)[C@H](OCc2ccccc2)[C@@H](COCc2ccccc2)C1(F)F. The van der Waals surface area contributed by atoms with Gasteiger partial charge in [0, 0.05) is 6.42 Å². The van der Waals surface area contributed by atoms with Crippen molar-refractivity contribution in [1.29, 1.82) is 0 Å². The van der Waals surface area contributed by atoms with Crippen LogP contribution in [0.5, 0.6) is 0 Å². The van der Waals surface area contributed by atoms with E-state index in [2.05, 4.69) is 0 Å². The standard InChI is InChI=1S/C28H30F2O5/c29-28(30)24(20-33-17-21-10-4-1-5-11-21)26(35-19-23-14-8-3-9-15-23)25(16-27(28,31)32)34-18-22-12-6-2-7-13-22/h1-15,24-26,31-32H,16-20H2/t24-,25-,26-/m1/s1. The van der Waals surface area contributed by atoms with Gasteiger partial charge >= 0.3 is 5.92 Å². The van der Waals surface area contributed by atoms with Gasteiger partial charge in [0.05, 0.1) is 44.6 Å². The van der Waals surface area contributed by atoms with Crippen LogP contribution in [0.1, 0.15) is 23.1 Å². The zero-order chi connectivity index (χ0) is 24.7. The molecular formula is C28H30F2O5. The van der Waals surface area contributed by atoms with E-state index in [9.17, 15) is 10.2 Å². The Morgan fingerprint density at radius 2 is 1.14 bits per heavy atom. The maximum absolute atomic E-state index is 15.4. The Kier molecular flexibility index (Phi) is 8.26. The molecule has 0 aromatic heterocycles. The Balaban J connectivity index is 1.55. The largest absolute Gasteiger partial charge is 0.376 e. The second-order valence-electron chi connectivity index (χ2n) is 8.85. The third-order valence-corrected chi connectivity index (χ3v) is 6.25. The summed E-state index contributed by atoms with van der Waals surface area (Å²) in [6.45, 7) is -0.130. The van der Waals surface area contributed by atoms with Gasteiger partial charge in [-0.15, -0.1) is 0 Å². The van der Waals surface area contributed by atoms with E-state index in [-0.39, 0.29) is 19.8 Å². The van der Waals surface area contributed by atoms with Crippen molar-refractivity contribution in [2.75, 3.05) is 6.61 Å². The molecule has 4 rings (SSSR count). The van der Waals surface area contributed by atoms with Crippen molar-refractivity contribution in [3.05, 3.63) is 108 Å². The highest BCUT2D eigenvalue weighted by Gasteiger charge is 2.65. The molecule has 0 saturated heterocycles. The van der Waals surface area contributed by atoms with E-state index in [0.717, 1.165) is 16.7 Å². The third kappa shape index (κ3) is 6.31. The molecule has 3 atom stereocenters. The first-order valence-corrected chi connectivity index (χ1v) is 11.6. The van der Waals surface area contributed by atoms with E-state index in [1.54, 1.807) is 0 Å². The molecule has 35 heavy (non-hydrogen) atoms. The molecule has 1 aliphatic carbocycles. The average molecular weight is 485 g/mol. The summed E-state index contributed by atoms with van der Waals surface area (Å²) in [7, 11) is 0. The third-order valence-electron chi connectivity index (χ3n) is 6.25. The molecule has 7 heteroatoms. The highest BCUT2D eigenvalue weighted by molar-refractivity contribution is 5.16. The van der Waals surface area contributed by atoms with E-state index in [0.29, 0.717) is 0 Å². The van der Waals surface area contributed by atoms with Crippen molar-refractivity contribution >= 4 is 0 Å². The zero-order valence-electron chi connectivity index (χ0n) is 19.3. The molecule has 0 amide bonds. The van der Waals surface area contributed by atoms with E-state index in [1.165, 1.54) is 0 Å². The van der Waals surface area contributed by atoms with Crippen LogP contribution >= 0.6 is 0 Å². The number of ether oxygens (including phenoxy) is 3. The Labute approximate surface area is 203 Å². The van der Waals surface area contributed by atoms with Crippen LogP contribution in [0.15, 0.2) is 91.0 Å². The lowest BCUT2D eigenvalue weighted by molar-refractivity contribution is -0.368. The maximum atomic E-state index is 15.4. The summed E-state index contributed by atoms with van der Waals surface area (Å²) in [6.07, 6.45) is -2.81. The Morgan fingerprint density at radius 1 is 0.686 bits per heavy atom. The summed E-state index contributed by atoms with van der Waals surface area (Å²) < 4.78 is 48.3. The Bertz CT molecular complexity index is 1030. The number of halogens is 2. The summed E-state index contributed by atoms with van der Waals surface area (Å²) in [6, 6.07) is 27.6. The maximum Gasteiger partial charge on any atom is 0.308 e. The van der Waals surface area contributed by atoms with Gasteiger partial charge in [0.1, 0.15) is 0 Å². The molecule has 0 heterocycles. The zero-order valence-corrected chi connectivity index (χ0v) is 19.3. The number of hydrogen-bond acceptors (Lipinski definition) is 5. The molecule has 3 aromatic carbocycles. The summed E-state index contributed by atoms with van der Waals surface area (Å²) >= 11 is 0. The number of aliphatic hydroxyl groups is 2. The molecule has 0 aliphatic heterocycles. The predicted octanol–water partition coefficient (Wildman–Crippen LogP) is 4.71. The molecule has 1 aliphatic rings. The minimum atomic E-state index is -3.88. The van der Waals surface area contributed by atoms with Gasteiger partial charge in [-0.05, 0) is 16.7 Å². The highest BCUT2D eigenvalue weighted by atomic mass is 19.3. The lowest BCUT2D eigenvalue weighted by Gasteiger charge is -2.48. The van der Waals surface area contributed by atoms with Crippen LogP contribution in [0.3, 0.4) is 0 Å². The summed E-state index contributed by atoms with van der Waals surface area (Å²) in [4.78, 5) is 0. The van der Waals surface area contributed by atoms with E-state index in [4.69, 9.17) is 14.2 Å². The first kappa shape index (κ1) is 25.4. The van der Waals surface area contributed by atoms with Gasteiger partial charge in [-0.3, -0.25) is 0 Å². The summed E-state index contributed by atoms with van der Waals surface area (Å²) in [5.74, 6) is -8.78. The monoisotopic (exact) mass is 484 g/mol. The van der Waals surface area contributed by atoms with Crippen molar-refractivity contribution in [2.45, 2.75) is 50.2 Å². The Hall–Kier alpha value is -2.68. The van der Waals surface area contributed by atoms with Gasteiger partial charge in [0.25, 0.3) is 0 Å². The average Bonchev–Trinajstić information content (AvgIpc) is 2.87. The normalized spacial score (nSPS) is 23.1. The van der Waals surface area contributed by atoms with Crippen LogP contribution in [0, 0.1) is 5.92 Å². The van der Waals surface area contributed by atoms with Crippen molar-refractivity contribution in [3.8, 4) is 0 Å². The van der Waals surface area contributed by atoms with Gasteiger partial charge in [-0.1, -0.05) is 91.0 Å². The van der Waals surface area contributed by atoms with Crippen molar-refractivity contribution in [1.82, 2.24) is 0 Å². The minimum absolute atomic E-state index is 0.0752. The lowest BCUT2D eigenvalue weighted by atomic mass is 9.77. The molecular weight excluding hydrogens is 454 g/mol. The van der Waals surface area contributed by atoms with Crippen LogP contribution < -0.4 is 0 Å². The van der Waals surface area contributed by atoms with Crippen LogP contribution in [-0.4, -0.2) is 40.7 Å². The molecule has 3 aromatic rings. The van der Waals surface area contributed by atoms with Crippen LogP contribution in [0.4, 0.5) is 8.78 Å². The second kappa shape index (κ2) is 11.4. The van der Waals surface area contributed by atoms with Crippen LogP contribution in [0.2, 0.25) is 0 Å². The molecule has 0 unspecified atom stereocenters. The van der Waals surface area contributed by atoms with Gasteiger partial charge in [-0.25, -0.2) is 8.78 Å². The van der Waals surface area contributed by atoms with Crippen LogP contribution in [0.25, 0.3) is 0 Å². The summed E-state index contributed by atoms with van der Waals surface area (Å²) in [5, 5.41) is 20.7. The van der Waals surface area contributed by atoms with Gasteiger partial charge < -0.3 is 24.4 Å². The van der Waals surface area contributed by atoms with Crippen LogP contribution in [-0.2, 0) is 34.0 Å². The fourth-order valence-electron chi connectivity index (χ4n) is 4.29. The lowest BCUT2D eigenvalue weighted by Crippen LogP contribution is -2.66. The molecule has 186 valence electrons. The van der Waals surface area contributed by atoms with E-state index >= 15 is 8.78 Å². The van der Waals surface area contributed by atoms with Gasteiger partial charge in [-0.2, -0.15) is 0 Å². The van der Waals surface area contributed by atoms with E-state index in [1.807, 2.05) is 91.0 Å². The fraction of sp³-hybridized carbons (Fsp3) is 0.357. The van der Waals surface area contributed by atoms with Gasteiger partial charge in [0.2, 0.25) is 5.79 Å². The molecule has 1 fully saturated rings. The fourth-order valence-corrected chi connectivity index (χ4v) is 4.29. The number of alkyl halides is 2. The quantitative estimate of drug-likeness (QED) is 0.408. The smallest absolute Gasteiger partial charge is 0.308 e. The summed E-state index contributed by atoms with van der Waals surface area (Å²) in [5.41, 5.74) is 2.47. The molecule has 0 bridgehead atoms. The second-order valence-corrected chi connectivity index (χ2v) is 8.85. The molecule has 1 saturated carbocycles. The number of rotatable bonds is 10. The number of benzene rings is 3. The Morgan fingerprint density at radius 3 is 1.66 bits per heavy atom. The van der Waals surface area contributed by atoms with Crippen molar-refractivity contribution in [2.24, 2.45) is 5.92 Å². The number of hydrogen-bond donors (Lipinski definition) is 2. The molecule has 2 N–H and O–H groups in total.